The number of hydrogen-bond acceptors (Lipinski definition) is 2. The number of hydrogen-bond donors (Lipinski definition) is 0. The van der Waals surface area contributed by atoms with Crippen molar-refractivity contribution in [3.8, 4) is 0 Å². The van der Waals surface area contributed by atoms with Crippen LogP contribution in [0.4, 0.5) is 5.82 Å². The van der Waals surface area contributed by atoms with Gasteiger partial charge in [0.15, 0.2) is 0 Å². The number of anilines is 1. The van der Waals surface area contributed by atoms with Crippen LogP contribution in [0.5, 0.6) is 0 Å². The molecule has 1 aliphatic heterocycles. The minimum atomic E-state index is 0.546. The van der Waals surface area contributed by atoms with Crippen molar-refractivity contribution in [2.24, 2.45) is 5.92 Å². The standard InChI is InChI=1S/C11H13Br3N2/c1-7-2-3-16(10(7)5-12)11-9(14)4-8(13)6-15-11/h4,6-7,10H,2-3,5H2,1H3. The Labute approximate surface area is 121 Å². The third-order valence-corrected chi connectivity index (χ3v) is 4.78. The molecule has 0 saturated carbocycles. The molecule has 0 spiro atoms. The normalized spacial score (nSPS) is 25.1. The Morgan fingerprint density at radius 2 is 2.25 bits per heavy atom. The summed E-state index contributed by atoms with van der Waals surface area (Å²) in [5.74, 6) is 1.77. The molecule has 2 atom stereocenters. The highest BCUT2D eigenvalue weighted by Gasteiger charge is 2.31. The van der Waals surface area contributed by atoms with Crippen LogP contribution in [-0.2, 0) is 0 Å². The van der Waals surface area contributed by atoms with Crippen LogP contribution in [0.25, 0.3) is 0 Å². The first-order valence-electron chi connectivity index (χ1n) is 5.27. The number of alkyl halides is 1. The first kappa shape index (κ1) is 12.8. The highest BCUT2D eigenvalue weighted by Crippen LogP contribution is 2.34. The summed E-state index contributed by atoms with van der Waals surface area (Å²) < 4.78 is 2.06. The molecular formula is C11H13Br3N2. The lowest BCUT2D eigenvalue weighted by Gasteiger charge is -2.27. The maximum atomic E-state index is 4.50. The van der Waals surface area contributed by atoms with Gasteiger partial charge in [0.05, 0.1) is 4.47 Å². The Hall–Kier alpha value is 0.390. The number of halogens is 3. The summed E-state index contributed by atoms with van der Waals surface area (Å²) >= 11 is 10.6. The van der Waals surface area contributed by atoms with Crippen molar-refractivity contribution in [2.45, 2.75) is 19.4 Å². The number of pyridine rings is 1. The van der Waals surface area contributed by atoms with Gasteiger partial charge < -0.3 is 4.90 Å². The van der Waals surface area contributed by atoms with Crippen LogP contribution in [0, 0.1) is 5.92 Å². The van der Waals surface area contributed by atoms with E-state index in [1.165, 1.54) is 6.42 Å². The summed E-state index contributed by atoms with van der Waals surface area (Å²) in [6.07, 6.45) is 3.09. The molecule has 5 heteroatoms. The van der Waals surface area contributed by atoms with Gasteiger partial charge in [-0.05, 0) is 50.3 Å². The molecule has 0 bridgehead atoms. The quantitative estimate of drug-likeness (QED) is 0.676. The van der Waals surface area contributed by atoms with Gasteiger partial charge in [-0.1, -0.05) is 22.9 Å². The van der Waals surface area contributed by atoms with Gasteiger partial charge >= 0.3 is 0 Å². The van der Waals surface area contributed by atoms with E-state index in [0.29, 0.717) is 6.04 Å². The van der Waals surface area contributed by atoms with Gasteiger partial charge in [0.1, 0.15) is 5.82 Å². The van der Waals surface area contributed by atoms with Crippen LogP contribution >= 0.6 is 47.8 Å². The zero-order valence-electron chi connectivity index (χ0n) is 8.96. The second-order valence-corrected chi connectivity index (χ2v) is 6.56. The molecule has 88 valence electrons. The minimum Gasteiger partial charge on any atom is -0.352 e. The van der Waals surface area contributed by atoms with E-state index in [0.717, 1.165) is 32.6 Å². The molecule has 1 fully saturated rings. The predicted octanol–water partition coefficient (Wildman–Crippen LogP) is 4.22. The maximum Gasteiger partial charge on any atom is 0.143 e. The summed E-state index contributed by atoms with van der Waals surface area (Å²) in [6, 6.07) is 2.60. The van der Waals surface area contributed by atoms with E-state index < -0.39 is 0 Å². The summed E-state index contributed by atoms with van der Waals surface area (Å²) in [7, 11) is 0. The van der Waals surface area contributed by atoms with E-state index in [1.807, 2.05) is 6.20 Å². The summed E-state index contributed by atoms with van der Waals surface area (Å²) in [5, 5.41) is 0.998. The molecule has 0 N–H and O–H groups in total. The monoisotopic (exact) mass is 410 g/mol. The predicted molar refractivity (Wildman–Crippen MR) is 78.3 cm³/mol. The van der Waals surface area contributed by atoms with Gasteiger partial charge in [0.25, 0.3) is 0 Å². The lowest BCUT2D eigenvalue weighted by atomic mass is 10.1. The average molecular weight is 413 g/mol. The van der Waals surface area contributed by atoms with Gasteiger partial charge in [0.2, 0.25) is 0 Å². The molecule has 1 aromatic rings. The van der Waals surface area contributed by atoms with Crippen LogP contribution in [-0.4, -0.2) is 22.9 Å². The fourth-order valence-corrected chi connectivity index (χ4v) is 4.33. The zero-order chi connectivity index (χ0) is 11.7. The minimum absolute atomic E-state index is 0.546. The molecule has 0 radical (unpaired) electrons. The van der Waals surface area contributed by atoms with Crippen molar-refractivity contribution in [1.29, 1.82) is 0 Å². The first-order chi connectivity index (χ1) is 7.63. The molecule has 1 aliphatic rings. The molecule has 2 nitrogen and oxygen atoms in total. The van der Waals surface area contributed by atoms with Gasteiger partial charge in [-0.3, -0.25) is 0 Å². The maximum absolute atomic E-state index is 4.50. The molecule has 1 aromatic heterocycles. The summed E-state index contributed by atoms with van der Waals surface area (Å²) in [6.45, 7) is 3.39. The van der Waals surface area contributed by atoms with E-state index in [2.05, 4.69) is 70.7 Å². The Morgan fingerprint density at radius 1 is 1.50 bits per heavy atom. The van der Waals surface area contributed by atoms with Crippen LogP contribution in [0.2, 0.25) is 0 Å². The van der Waals surface area contributed by atoms with Crippen LogP contribution in [0.3, 0.4) is 0 Å². The Morgan fingerprint density at radius 3 is 2.88 bits per heavy atom. The molecule has 2 unspecified atom stereocenters. The lowest BCUT2D eigenvalue weighted by Crippen LogP contribution is -2.34. The van der Waals surface area contributed by atoms with E-state index in [1.54, 1.807) is 0 Å². The van der Waals surface area contributed by atoms with Gasteiger partial charge in [0, 0.05) is 28.6 Å². The molecule has 1 saturated heterocycles. The van der Waals surface area contributed by atoms with E-state index in [4.69, 9.17) is 0 Å². The Bertz CT molecular complexity index is 383. The van der Waals surface area contributed by atoms with Crippen molar-refractivity contribution in [1.82, 2.24) is 4.98 Å². The molecule has 0 aromatic carbocycles. The van der Waals surface area contributed by atoms with E-state index >= 15 is 0 Å². The smallest absolute Gasteiger partial charge is 0.143 e. The summed E-state index contributed by atoms with van der Waals surface area (Å²) in [5.41, 5.74) is 0. The molecule has 2 rings (SSSR count). The third kappa shape index (κ3) is 2.46. The molecule has 0 amide bonds. The largest absolute Gasteiger partial charge is 0.352 e. The SMILES string of the molecule is CC1CCN(c2ncc(Br)cc2Br)C1CBr. The number of aromatic nitrogens is 1. The molecule has 16 heavy (non-hydrogen) atoms. The van der Waals surface area contributed by atoms with Crippen LogP contribution < -0.4 is 4.90 Å². The van der Waals surface area contributed by atoms with Crippen molar-refractivity contribution < 1.29 is 0 Å². The molecular weight excluding hydrogens is 400 g/mol. The Balaban J connectivity index is 2.30. The van der Waals surface area contributed by atoms with E-state index in [-0.39, 0.29) is 0 Å². The summed E-state index contributed by atoms with van der Waals surface area (Å²) in [4.78, 5) is 6.89. The van der Waals surface area contributed by atoms with Crippen molar-refractivity contribution in [3.05, 3.63) is 21.2 Å². The average Bonchev–Trinajstić information content (AvgIpc) is 2.59. The highest BCUT2D eigenvalue weighted by molar-refractivity contribution is 9.11. The Kier molecular flexibility index (Phi) is 4.30. The van der Waals surface area contributed by atoms with Gasteiger partial charge in [-0.2, -0.15) is 0 Å². The van der Waals surface area contributed by atoms with Gasteiger partial charge in [-0.15, -0.1) is 0 Å². The number of nitrogens with zero attached hydrogens (tertiary/aromatic N) is 2. The highest BCUT2D eigenvalue weighted by atomic mass is 79.9. The van der Waals surface area contributed by atoms with Crippen LogP contribution in [0.1, 0.15) is 13.3 Å². The van der Waals surface area contributed by atoms with Crippen molar-refractivity contribution in [3.63, 3.8) is 0 Å². The fraction of sp³-hybridized carbons (Fsp3) is 0.545. The van der Waals surface area contributed by atoms with Crippen LogP contribution in [0.15, 0.2) is 21.2 Å². The topological polar surface area (TPSA) is 16.1 Å². The van der Waals surface area contributed by atoms with Crippen molar-refractivity contribution in [2.75, 3.05) is 16.8 Å². The third-order valence-electron chi connectivity index (χ3n) is 3.10. The van der Waals surface area contributed by atoms with Crippen molar-refractivity contribution >= 4 is 53.6 Å². The second-order valence-electron chi connectivity index (χ2n) is 4.14. The first-order valence-corrected chi connectivity index (χ1v) is 7.98. The fourth-order valence-electron chi connectivity index (χ4n) is 2.13. The van der Waals surface area contributed by atoms with E-state index in [9.17, 15) is 0 Å². The molecule has 0 aliphatic carbocycles. The lowest BCUT2D eigenvalue weighted by molar-refractivity contribution is 0.552. The molecule has 2 heterocycles. The second kappa shape index (κ2) is 5.36. The number of rotatable bonds is 2. The zero-order valence-corrected chi connectivity index (χ0v) is 13.7. The van der Waals surface area contributed by atoms with Gasteiger partial charge in [-0.25, -0.2) is 4.98 Å².